The first-order valence-electron chi connectivity index (χ1n) is 5.46. The van der Waals surface area contributed by atoms with E-state index in [-0.39, 0.29) is 18.9 Å². The third kappa shape index (κ3) is 4.92. The quantitative estimate of drug-likeness (QED) is 0.519. The number of aldehydes is 1. The van der Waals surface area contributed by atoms with Crippen molar-refractivity contribution in [3.63, 3.8) is 0 Å². The van der Waals surface area contributed by atoms with E-state index >= 15 is 0 Å². The number of ether oxygens (including phenoxy) is 1. The minimum Gasteiger partial charge on any atom is -0.379 e. The van der Waals surface area contributed by atoms with E-state index in [1.54, 1.807) is 0 Å². The van der Waals surface area contributed by atoms with Crippen LogP contribution in [0.2, 0.25) is 0 Å². The van der Waals surface area contributed by atoms with Gasteiger partial charge in [0.15, 0.2) is 0 Å². The average molecular weight is 243 g/mol. The van der Waals surface area contributed by atoms with Crippen molar-refractivity contribution in [2.24, 2.45) is 5.73 Å². The zero-order chi connectivity index (χ0) is 12.7. The SMILES string of the molecule is NC(=O)[C@H](CC=O)NC(=O)CN1CCOCC1. The minimum absolute atomic E-state index is 0.0931. The van der Waals surface area contributed by atoms with E-state index in [0.29, 0.717) is 32.6 Å². The lowest BCUT2D eigenvalue weighted by Gasteiger charge is -2.26. The molecule has 1 atom stereocenters. The molecule has 1 rings (SSSR count). The summed E-state index contributed by atoms with van der Waals surface area (Å²) < 4.78 is 5.15. The molecule has 96 valence electrons. The summed E-state index contributed by atoms with van der Waals surface area (Å²) in [6.07, 6.45) is 0.467. The van der Waals surface area contributed by atoms with E-state index < -0.39 is 11.9 Å². The molecule has 0 bridgehead atoms. The average Bonchev–Trinajstić information content (AvgIpc) is 2.29. The van der Waals surface area contributed by atoms with Crippen molar-refractivity contribution in [2.45, 2.75) is 12.5 Å². The zero-order valence-corrected chi connectivity index (χ0v) is 9.55. The number of rotatable bonds is 6. The first-order chi connectivity index (χ1) is 8.13. The van der Waals surface area contributed by atoms with Crippen LogP contribution >= 0.6 is 0 Å². The smallest absolute Gasteiger partial charge is 0.240 e. The second kappa shape index (κ2) is 6.97. The summed E-state index contributed by atoms with van der Waals surface area (Å²) in [5.74, 6) is -1.01. The number of nitrogens with zero attached hydrogens (tertiary/aromatic N) is 1. The molecule has 0 unspecified atom stereocenters. The van der Waals surface area contributed by atoms with Crippen LogP contribution in [0.4, 0.5) is 0 Å². The van der Waals surface area contributed by atoms with Crippen LogP contribution in [0, 0.1) is 0 Å². The maximum atomic E-state index is 11.6. The first-order valence-corrected chi connectivity index (χ1v) is 5.46. The van der Waals surface area contributed by atoms with Crippen LogP contribution in [0.5, 0.6) is 0 Å². The topological polar surface area (TPSA) is 102 Å². The van der Waals surface area contributed by atoms with E-state index in [2.05, 4.69) is 5.32 Å². The lowest BCUT2D eigenvalue weighted by Crippen LogP contribution is -2.49. The van der Waals surface area contributed by atoms with Crippen molar-refractivity contribution in [1.29, 1.82) is 0 Å². The van der Waals surface area contributed by atoms with Gasteiger partial charge in [0.25, 0.3) is 0 Å². The van der Waals surface area contributed by atoms with Gasteiger partial charge in [-0.1, -0.05) is 0 Å². The highest BCUT2D eigenvalue weighted by Crippen LogP contribution is 1.96. The Bertz CT molecular complexity index is 289. The summed E-state index contributed by atoms with van der Waals surface area (Å²) in [6.45, 7) is 2.75. The number of amides is 2. The van der Waals surface area contributed by atoms with E-state index in [9.17, 15) is 14.4 Å². The standard InChI is InChI=1S/C10H17N3O4/c11-10(16)8(1-4-14)12-9(15)7-13-2-5-17-6-3-13/h4,8H,1-3,5-7H2,(H2,11,16)(H,12,15)/t8-/m0/s1. The number of carbonyl (C=O) groups excluding carboxylic acids is 3. The van der Waals surface area contributed by atoms with Crippen LogP contribution in [-0.4, -0.2) is 61.9 Å². The maximum absolute atomic E-state index is 11.6. The van der Waals surface area contributed by atoms with Crippen LogP contribution in [0.15, 0.2) is 0 Å². The molecule has 0 aromatic rings. The molecule has 7 nitrogen and oxygen atoms in total. The summed E-state index contributed by atoms with van der Waals surface area (Å²) in [4.78, 5) is 34.7. The number of morpholine rings is 1. The molecule has 1 aliphatic rings. The van der Waals surface area contributed by atoms with Crippen LogP contribution in [-0.2, 0) is 19.1 Å². The third-order valence-electron chi connectivity index (χ3n) is 2.48. The molecule has 0 spiro atoms. The predicted molar refractivity (Wildman–Crippen MR) is 59.1 cm³/mol. The Morgan fingerprint density at radius 3 is 2.59 bits per heavy atom. The Morgan fingerprint density at radius 2 is 2.06 bits per heavy atom. The van der Waals surface area contributed by atoms with Crippen molar-refractivity contribution >= 4 is 18.1 Å². The van der Waals surface area contributed by atoms with Gasteiger partial charge in [0.2, 0.25) is 11.8 Å². The second-order valence-corrected chi connectivity index (χ2v) is 3.81. The number of carbonyl (C=O) groups is 3. The zero-order valence-electron chi connectivity index (χ0n) is 9.55. The summed E-state index contributed by atoms with van der Waals surface area (Å²) in [5, 5.41) is 2.44. The molecular weight excluding hydrogens is 226 g/mol. The number of nitrogens with one attached hydrogen (secondary N) is 1. The summed E-state index contributed by atoms with van der Waals surface area (Å²) in [6, 6.07) is -0.916. The normalized spacial score (nSPS) is 18.4. The molecule has 1 heterocycles. The molecule has 0 radical (unpaired) electrons. The molecule has 7 heteroatoms. The number of hydrogen-bond acceptors (Lipinski definition) is 5. The molecule has 1 saturated heterocycles. The largest absolute Gasteiger partial charge is 0.379 e. The van der Waals surface area contributed by atoms with E-state index in [1.807, 2.05) is 4.90 Å². The van der Waals surface area contributed by atoms with Gasteiger partial charge in [-0.15, -0.1) is 0 Å². The highest BCUT2D eigenvalue weighted by atomic mass is 16.5. The Labute approximate surface area is 99.3 Å². The molecule has 1 aliphatic heterocycles. The first kappa shape index (κ1) is 13.6. The van der Waals surface area contributed by atoms with Gasteiger partial charge in [-0.2, -0.15) is 0 Å². The van der Waals surface area contributed by atoms with Gasteiger partial charge in [-0.05, 0) is 0 Å². The van der Waals surface area contributed by atoms with Gasteiger partial charge in [0.05, 0.1) is 19.8 Å². The van der Waals surface area contributed by atoms with Gasteiger partial charge < -0.3 is 20.6 Å². The Balaban J connectivity index is 2.35. The van der Waals surface area contributed by atoms with Gasteiger partial charge in [-0.3, -0.25) is 14.5 Å². The molecule has 17 heavy (non-hydrogen) atoms. The summed E-state index contributed by atoms with van der Waals surface area (Å²) in [7, 11) is 0. The van der Waals surface area contributed by atoms with E-state index in [1.165, 1.54) is 0 Å². The Morgan fingerprint density at radius 1 is 1.41 bits per heavy atom. The van der Waals surface area contributed by atoms with Crippen molar-refractivity contribution in [3.8, 4) is 0 Å². The molecule has 1 fully saturated rings. The van der Waals surface area contributed by atoms with Gasteiger partial charge in [0, 0.05) is 19.5 Å². The lowest BCUT2D eigenvalue weighted by atomic mass is 10.2. The van der Waals surface area contributed by atoms with Gasteiger partial charge in [-0.25, -0.2) is 0 Å². The fourth-order valence-electron chi connectivity index (χ4n) is 1.54. The van der Waals surface area contributed by atoms with Gasteiger partial charge in [0.1, 0.15) is 12.3 Å². The van der Waals surface area contributed by atoms with Gasteiger partial charge >= 0.3 is 0 Å². The van der Waals surface area contributed by atoms with Crippen molar-refractivity contribution in [1.82, 2.24) is 10.2 Å². The predicted octanol–water partition coefficient (Wildman–Crippen LogP) is -2.12. The van der Waals surface area contributed by atoms with Crippen LogP contribution in [0.3, 0.4) is 0 Å². The monoisotopic (exact) mass is 243 g/mol. The van der Waals surface area contributed by atoms with Crippen molar-refractivity contribution in [3.05, 3.63) is 0 Å². The molecular formula is C10H17N3O4. The van der Waals surface area contributed by atoms with Crippen LogP contribution in [0.25, 0.3) is 0 Å². The molecule has 3 N–H and O–H groups in total. The van der Waals surface area contributed by atoms with Crippen LogP contribution in [0.1, 0.15) is 6.42 Å². The third-order valence-corrected chi connectivity index (χ3v) is 2.48. The highest BCUT2D eigenvalue weighted by Gasteiger charge is 2.20. The summed E-state index contributed by atoms with van der Waals surface area (Å²) in [5.41, 5.74) is 5.06. The summed E-state index contributed by atoms with van der Waals surface area (Å²) >= 11 is 0. The Kier molecular flexibility index (Phi) is 5.58. The fraction of sp³-hybridized carbons (Fsp3) is 0.700. The molecule has 0 aromatic carbocycles. The maximum Gasteiger partial charge on any atom is 0.240 e. The van der Waals surface area contributed by atoms with Crippen molar-refractivity contribution < 1.29 is 19.1 Å². The molecule has 0 saturated carbocycles. The molecule has 0 aliphatic carbocycles. The second-order valence-electron chi connectivity index (χ2n) is 3.81. The van der Waals surface area contributed by atoms with E-state index in [4.69, 9.17) is 10.5 Å². The number of hydrogen-bond donors (Lipinski definition) is 2. The number of primary amides is 1. The fourth-order valence-corrected chi connectivity index (χ4v) is 1.54. The molecule has 2 amide bonds. The van der Waals surface area contributed by atoms with Crippen LogP contribution < -0.4 is 11.1 Å². The molecule has 0 aromatic heterocycles. The minimum atomic E-state index is -0.916. The lowest BCUT2D eigenvalue weighted by molar-refractivity contribution is -0.129. The van der Waals surface area contributed by atoms with E-state index in [0.717, 1.165) is 0 Å². The Hall–Kier alpha value is -1.47. The van der Waals surface area contributed by atoms with Crippen molar-refractivity contribution in [2.75, 3.05) is 32.8 Å². The number of nitrogens with two attached hydrogens (primary N) is 1. The highest BCUT2D eigenvalue weighted by molar-refractivity contribution is 5.88.